The first-order chi connectivity index (χ1) is 6.34. The third kappa shape index (κ3) is 2.66. The summed E-state index contributed by atoms with van der Waals surface area (Å²) in [5.41, 5.74) is 0. The Morgan fingerprint density at radius 3 is 2.69 bits per heavy atom. The summed E-state index contributed by atoms with van der Waals surface area (Å²) in [7, 11) is 0. The molecular weight excluding hydrogens is 166 g/mol. The van der Waals surface area contributed by atoms with Crippen molar-refractivity contribution in [2.75, 3.05) is 19.8 Å². The summed E-state index contributed by atoms with van der Waals surface area (Å²) in [6.45, 7) is 4.88. The monoisotopic (exact) mass is 185 g/mol. The van der Waals surface area contributed by atoms with Crippen molar-refractivity contribution < 1.29 is 9.47 Å². The van der Waals surface area contributed by atoms with Crippen LogP contribution < -0.4 is 5.32 Å². The van der Waals surface area contributed by atoms with Gasteiger partial charge in [-0.1, -0.05) is 0 Å². The lowest BCUT2D eigenvalue weighted by Crippen LogP contribution is -2.43. The molecule has 0 aromatic carbocycles. The smallest absolute Gasteiger partial charge is 0.0620 e. The highest BCUT2D eigenvalue weighted by Gasteiger charge is 2.23. The molecule has 3 heteroatoms. The van der Waals surface area contributed by atoms with Gasteiger partial charge in [0.1, 0.15) is 0 Å². The minimum absolute atomic E-state index is 0.425. The Hall–Kier alpha value is -0.120. The van der Waals surface area contributed by atoms with Gasteiger partial charge in [-0.2, -0.15) is 0 Å². The van der Waals surface area contributed by atoms with Crippen LogP contribution >= 0.6 is 0 Å². The van der Waals surface area contributed by atoms with Gasteiger partial charge in [-0.3, -0.25) is 0 Å². The maximum Gasteiger partial charge on any atom is 0.0620 e. The Morgan fingerprint density at radius 2 is 2.00 bits per heavy atom. The van der Waals surface area contributed by atoms with Crippen LogP contribution in [0, 0.1) is 0 Å². The molecule has 76 valence electrons. The zero-order valence-corrected chi connectivity index (χ0v) is 8.29. The zero-order chi connectivity index (χ0) is 9.10. The van der Waals surface area contributed by atoms with Crippen LogP contribution in [0.25, 0.3) is 0 Å². The van der Waals surface area contributed by atoms with Crippen molar-refractivity contribution in [2.45, 2.75) is 44.4 Å². The molecule has 13 heavy (non-hydrogen) atoms. The van der Waals surface area contributed by atoms with E-state index >= 15 is 0 Å². The standard InChI is InChI=1S/C10H19NO2/c1-8-6-9(3-5-13-8)11-10-2-4-12-7-10/h8-11H,2-7H2,1H3. The lowest BCUT2D eigenvalue weighted by atomic mass is 10.0. The van der Waals surface area contributed by atoms with Gasteiger partial charge in [0.2, 0.25) is 0 Å². The van der Waals surface area contributed by atoms with E-state index < -0.39 is 0 Å². The molecule has 0 spiro atoms. The second kappa shape index (κ2) is 4.40. The van der Waals surface area contributed by atoms with Crippen molar-refractivity contribution in [3.8, 4) is 0 Å². The van der Waals surface area contributed by atoms with Gasteiger partial charge in [-0.05, 0) is 26.2 Å². The molecule has 2 fully saturated rings. The van der Waals surface area contributed by atoms with E-state index in [2.05, 4.69) is 12.2 Å². The Kier molecular flexibility index (Phi) is 3.19. The first-order valence-electron chi connectivity index (χ1n) is 5.30. The van der Waals surface area contributed by atoms with E-state index in [1.54, 1.807) is 0 Å². The molecule has 2 aliphatic heterocycles. The largest absolute Gasteiger partial charge is 0.380 e. The average Bonchev–Trinajstić information content (AvgIpc) is 2.57. The van der Waals surface area contributed by atoms with Crippen LogP contribution in [0.5, 0.6) is 0 Å². The summed E-state index contributed by atoms with van der Waals surface area (Å²) < 4.78 is 10.8. The summed E-state index contributed by atoms with van der Waals surface area (Å²) in [4.78, 5) is 0. The quantitative estimate of drug-likeness (QED) is 0.694. The third-order valence-electron chi connectivity index (χ3n) is 2.89. The topological polar surface area (TPSA) is 30.5 Å². The predicted molar refractivity (Wildman–Crippen MR) is 50.8 cm³/mol. The molecule has 0 bridgehead atoms. The zero-order valence-electron chi connectivity index (χ0n) is 8.29. The second-order valence-corrected chi connectivity index (χ2v) is 4.13. The van der Waals surface area contributed by atoms with Crippen LogP contribution in [0.4, 0.5) is 0 Å². The van der Waals surface area contributed by atoms with Crippen LogP contribution in [0.15, 0.2) is 0 Å². The molecule has 0 amide bonds. The lowest BCUT2D eigenvalue weighted by molar-refractivity contribution is 0.0110. The van der Waals surface area contributed by atoms with Crippen LogP contribution in [-0.4, -0.2) is 38.0 Å². The van der Waals surface area contributed by atoms with E-state index in [1.807, 2.05) is 0 Å². The van der Waals surface area contributed by atoms with Crippen LogP contribution in [0.2, 0.25) is 0 Å². The molecule has 0 radical (unpaired) electrons. The molecule has 0 aliphatic carbocycles. The normalized spacial score (nSPS) is 40.8. The molecule has 3 unspecified atom stereocenters. The fourth-order valence-corrected chi connectivity index (χ4v) is 2.15. The molecule has 3 atom stereocenters. The van der Waals surface area contributed by atoms with Crippen molar-refractivity contribution >= 4 is 0 Å². The molecule has 0 aromatic heterocycles. The average molecular weight is 185 g/mol. The lowest BCUT2D eigenvalue weighted by Gasteiger charge is -2.29. The summed E-state index contributed by atoms with van der Waals surface area (Å²) in [6.07, 6.45) is 3.90. The molecule has 0 aromatic rings. The molecule has 3 nitrogen and oxygen atoms in total. The minimum atomic E-state index is 0.425. The Balaban J connectivity index is 1.73. The highest BCUT2D eigenvalue weighted by atomic mass is 16.5. The fraction of sp³-hybridized carbons (Fsp3) is 1.00. The van der Waals surface area contributed by atoms with E-state index in [9.17, 15) is 0 Å². The fourth-order valence-electron chi connectivity index (χ4n) is 2.15. The van der Waals surface area contributed by atoms with Crippen molar-refractivity contribution in [3.05, 3.63) is 0 Å². The molecular formula is C10H19NO2. The van der Waals surface area contributed by atoms with Gasteiger partial charge in [0.05, 0.1) is 12.7 Å². The first-order valence-corrected chi connectivity index (χ1v) is 5.30. The summed E-state index contributed by atoms with van der Waals surface area (Å²) >= 11 is 0. The molecule has 2 aliphatic rings. The Bertz CT molecular complexity index is 157. The molecule has 2 heterocycles. The van der Waals surface area contributed by atoms with Crippen molar-refractivity contribution in [1.29, 1.82) is 0 Å². The van der Waals surface area contributed by atoms with E-state index in [-0.39, 0.29) is 0 Å². The van der Waals surface area contributed by atoms with Gasteiger partial charge in [-0.25, -0.2) is 0 Å². The van der Waals surface area contributed by atoms with Crippen LogP contribution in [-0.2, 0) is 9.47 Å². The maximum absolute atomic E-state index is 5.50. The van der Waals surface area contributed by atoms with E-state index in [4.69, 9.17) is 9.47 Å². The van der Waals surface area contributed by atoms with Crippen molar-refractivity contribution in [1.82, 2.24) is 5.32 Å². The van der Waals surface area contributed by atoms with Crippen molar-refractivity contribution in [3.63, 3.8) is 0 Å². The summed E-state index contributed by atoms with van der Waals surface area (Å²) in [5.74, 6) is 0. The summed E-state index contributed by atoms with van der Waals surface area (Å²) in [6, 6.07) is 1.24. The number of ether oxygens (including phenoxy) is 2. The molecule has 2 saturated heterocycles. The second-order valence-electron chi connectivity index (χ2n) is 4.13. The number of nitrogens with one attached hydrogen (secondary N) is 1. The minimum Gasteiger partial charge on any atom is -0.380 e. The SMILES string of the molecule is CC1CC(NC2CCOC2)CCO1. The molecule has 0 saturated carbocycles. The highest BCUT2D eigenvalue weighted by Crippen LogP contribution is 2.15. The van der Waals surface area contributed by atoms with Crippen LogP contribution in [0.1, 0.15) is 26.2 Å². The molecule has 2 rings (SSSR count). The Morgan fingerprint density at radius 1 is 1.15 bits per heavy atom. The van der Waals surface area contributed by atoms with E-state index in [0.29, 0.717) is 18.2 Å². The van der Waals surface area contributed by atoms with Gasteiger partial charge >= 0.3 is 0 Å². The molecule has 1 N–H and O–H groups in total. The summed E-state index contributed by atoms with van der Waals surface area (Å²) in [5, 5.41) is 3.64. The van der Waals surface area contributed by atoms with Gasteiger partial charge in [-0.15, -0.1) is 0 Å². The third-order valence-corrected chi connectivity index (χ3v) is 2.89. The van der Waals surface area contributed by atoms with Crippen molar-refractivity contribution in [2.24, 2.45) is 0 Å². The van der Waals surface area contributed by atoms with Gasteiger partial charge in [0, 0.05) is 25.3 Å². The number of rotatable bonds is 2. The first kappa shape index (κ1) is 9.44. The highest BCUT2D eigenvalue weighted by molar-refractivity contribution is 4.80. The Labute approximate surface area is 79.8 Å². The predicted octanol–water partition coefficient (Wildman–Crippen LogP) is 0.932. The van der Waals surface area contributed by atoms with Gasteiger partial charge in [0.15, 0.2) is 0 Å². The van der Waals surface area contributed by atoms with E-state index in [0.717, 1.165) is 32.7 Å². The van der Waals surface area contributed by atoms with Gasteiger partial charge < -0.3 is 14.8 Å². The van der Waals surface area contributed by atoms with E-state index in [1.165, 1.54) is 6.42 Å². The van der Waals surface area contributed by atoms with Gasteiger partial charge in [0.25, 0.3) is 0 Å². The maximum atomic E-state index is 5.50. The van der Waals surface area contributed by atoms with Crippen LogP contribution in [0.3, 0.4) is 0 Å². The number of hydrogen-bond donors (Lipinski definition) is 1. The number of hydrogen-bond acceptors (Lipinski definition) is 3.